The number of hydrogen-bond donors (Lipinski definition) is 1. The van der Waals surface area contributed by atoms with E-state index in [-0.39, 0.29) is 23.7 Å². The summed E-state index contributed by atoms with van der Waals surface area (Å²) in [5.41, 5.74) is 2.04. The lowest BCUT2D eigenvalue weighted by Gasteiger charge is -2.29. The Morgan fingerprint density at radius 1 is 1.03 bits per heavy atom. The molecule has 5 nitrogen and oxygen atoms in total. The van der Waals surface area contributed by atoms with E-state index in [2.05, 4.69) is 5.32 Å². The number of benzene rings is 2. The number of hydrogen-bond acceptors (Lipinski definition) is 4. The zero-order chi connectivity index (χ0) is 21.2. The summed E-state index contributed by atoms with van der Waals surface area (Å²) in [6.07, 6.45) is 7.19. The predicted octanol–water partition coefficient (Wildman–Crippen LogP) is 4.37. The van der Waals surface area contributed by atoms with E-state index in [1.165, 1.54) is 13.2 Å². The topological polar surface area (TPSA) is 64.6 Å². The van der Waals surface area contributed by atoms with Crippen LogP contribution in [-0.4, -0.2) is 25.5 Å². The molecule has 158 valence electrons. The number of nitrogens with one attached hydrogen (secondary N) is 1. The van der Waals surface area contributed by atoms with Crippen LogP contribution in [0.3, 0.4) is 0 Å². The molecule has 2 aromatic rings. The third kappa shape index (κ3) is 6.48. The van der Waals surface area contributed by atoms with Crippen LogP contribution in [0.4, 0.5) is 0 Å². The fourth-order valence-electron chi connectivity index (χ4n) is 3.79. The summed E-state index contributed by atoms with van der Waals surface area (Å²) in [5.74, 6) is 0.486. The van der Waals surface area contributed by atoms with E-state index in [1.54, 1.807) is 6.08 Å². The van der Waals surface area contributed by atoms with Gasteiger partial charge in [-0.15, -0.1) is 0 Å². The van der Waals surface area contributed by atoms with Crippen molar-refractivity contribution in [1.82, 2.24) is 5.32 Å². The van der Waals surface area contributed by atoms with Crippen molar-refractivity contribution in [2.75, 3.05) is 13.7 Å². The molecular formula is C25H29NO4. The molecule has 1 aliphatic carbocycles. The first-order valence-corrected chi connectivity index (χ1v) is 10.5. The fourth-order valence-corrected chi connectivity index (χ4v) is 3.79. The number of rotatable bonds is 8. The lowest BCUT2D eigenvalue weighted by molar-refractivity contribution is -0.148. The van der Waals surface area contributed by atoms with Gasteiger partial charge < -0.3 is 14.8 Å². The Kier molecular flexibility index (Phi) is 8.07. The van der Waals surface area contributed by atoms with E-state index >= 15 is 0 Å². The lowest BCUT2D eigenvalue weighted by atomic mass is 9.79. The number of amides is 1. The molecule has 2 atom stereocenters. The molecule has 0 saturated heterocycles. The number of carbonyl (C=O) groups excluding carboxylic acids is 2. The van der Waals surface area contributed by atoms with Gasteiger partial charge in [-0.2, -0.15) is 0 Å². The summed E-state index contributed by atoms with van der Waals surface area (Å²) in [5, 5.41) is 2.92. The molecule has 2 unspecified atom stereocenters. The maximum absolute atomic E-state index is 12.2. The largest absolute Gasteiger partial charge is 0.489 e. The Bertz CT molecular complexity index is 845. The molecular weight excluding hydrogens is 378 g/mol. The van der Waals surface area contributed by atoms with Gasteiger partial charge in [0.1, 0.15) is 12.4 Å². The number of carbonyl (C=O) groups is 2. The second-order valence-electron chi connectivity index (χ2n) is 7.60. The third-order valence-electron chi connectivity index (χ3n) is 5.51. The highest BCUT2D eigenvalue weighted by atomic mass is 16.5. The molecule has 1 aliphatic rings. The fraction of sp³-hybridized carbons (Fsp3) is 0.360. The minimum absolute atomic E-state index is 0.114. The Hall–Kier alpha value is -3.08. The van der Waals surface area contributed by atoms with E-state index in [9.17, 15) is 9.59 Å². The smallest absolute Gasteiger partial charge is 0.309 e. The van der Waals surface area contributed by atoms with Crippen LogP contribution in [0, 0.1) is 11.8 Å². The molecule has 1 N–H and O–H groups in total. The molecule has 1 saturated carbocycles. The van der Waals surface area contributed by atoms with Crippen LogP contribution in [-0.2, 0) is 20.9 Å². The van der Waals surface area contributed by atoms with Crippen LogP contribution >= 0.6 is 0 Å². The standard InChI is InChI=1S/C25H29NO4/c1-29-25(28)23-10-6-5-9-21(23)17-26-24(27)16-13-19-11-14-22(15-12-19)30-18-20-7-3-2-4-8-20/h2-4,7-8,11-16,21,23H,5-6,9-10,17-18H2,1H3,(H,26,27)/b16-13+. The molecule has 0 radical (unpaired) electrons. The summed E-state index contributed by atoms with van der Waals surface area (Å²) < 4.78 is 10.7. The van der Waals surface area contributed by atoms with Gasteiger partial charge in [-0.3, -0.25) is 9.59 Å². The molecule has 3 rings (SSSR count). The monoisotopic (exact) mass is 407 g/mol. The van der Waals surface area contributed by atoms with Crippen molar-refractivity contribution in [1.29, 1.82) is 0 Å². The van der Waals surface area contributed by atoms with Crippen molar-refractivity contribution in [3.8, 4) is 5.75 Å². The molecule has 1 amide bonds. The number of methoxy groups -OCH3 is 1. The zero-order valence-corrected chi connectivity index (χ0v) is 17.4. The van der Waals surface area contributed by atoms with Gasteiger partial charge in [0.05, 0.1) is 13.0 Å². The first-order chi connectivity index (χ1) is 14.7. The van der Waals surface area contributed by atoms with E-state index in [0.29, 0.717) is 13.2 Å². The SMILES string of the molecule is COC(=O)C1CCCCC1CNC(=O)/C=C/c1ccc(OCc2ccccc2)cc1. The van der Waals surface area contributed by atoms with Crippen LogP contribution in [0.1, 0.15) is 36.8 Å². The van der Waals surface area contributed by atoms with Gasteiger partial charge in [0, 0.05) is 12.6 Å². The van der Waals surface area contributed by atoms with Crippen molar-refractivity contribution in [2.45, 2.75) is 32.3 Å². The van der Waals surface area contributed by atoms with Gasteiger partial charge in [0.15, 0.2) is 0 Å². The molecule has 0 bridgehead atoms. The quantitative estimate of drug-likeness (QED) is 0.521. The minimum Gasteiger partial charge on any atom is -0.489 e. The normalized spacial score (nSPS) is 18.7. The van der Waals surface area contributed by atoms with Crippen LogP contribution in [0.2, 0.25) is 0 Å². The highest BCUT2D eigenvalue weighted by Gasteiger charge is 2.31. The van der Waals surface area contributed by atoms with Crippen molar-refractivity contribution in [3.05, 3.63) is 71.8 Å². The lowest BCUT2D eigenvalue weighted by Crippen LogP contribution is -2.37. The molecule has 2 aromatic carbocycles. The molecule has 0 aliphatic heterocycles. The van der Waals surface area contributed by atoms with Gasteiger partial charge >= 0.3 is 5.97 Å². The van der Waals surface area contributed by atoms with Crippen molar-refractivity contribution in [2.24, 2.45) is 11.8 Å². The second-order valence-corrected chi connectivity index (χ2v) is 7.60. The second kappa shape index (κ2) is 11.2. The summed E-state index contributed by atoms with van der Waals surface area (Å²) in [6.45, 7) is 1.02. The van der Waals surface area contributed by atoms with Gasteiger partial charge in [0.2, 0.25) is 5.91 Å². The third-order valence-corrected chi connectivity index (χ3v) is 5.51. The van der Waals surface area contributed by atoms with E-state index in [0.717, 1.165) is 42.6 Å². The number of esters is 1. The maximum atomic E-state index is 12.2. The van der Waals surface area contributed by atoms with Gasteiger partial charge in [0.25, 0.3) is 0 Å². The molecule has 0 spiro atoms. The molecule has 30 heavy (non-hydrogen) atoms. The van der Waals surface area contributed by atoms with Crippen LogP contribution in [0.5, 0.6) is 5.75 Å². The van der Waals surface area contributed by atoms with E-state index < -0.39 is 0 Å². The van der Waals surface area contributed by atoms with Crippen LogP contribution in [0.15, 0.2) is 60.7 Å². The van der Waals surface area contributed by atoms with Crippen molar-refractivity contribution < 1.29 is 19.1 Å². The summed E-state index contributed by atoms with van der Waals surface area (Å²) in [6, 6.07) is 17.6. The van der Waals surface area contributed by atoms with Crippen molar-refractivity contribution in [3.63, 3.8) is 0 Å². The predicted molar refractivity (Wildman–Crippen MR) is 117 cm³/mol. The zero-order valence-electron chi connectivity index (χ0n) is 17.4. The minimum atomic E-state index is -0.168. The molecule has 0 aromatic heterocycles. The average molecular weight is 408 g/mol. The van der Waals surface area contributed by atoms with Crippen LogP contribution < -0.4 is 10.1 Å². The Morgan fingerprint density at radius 3 is 2.50 bits per heavy atom. The maximum Gasteiger partial charge on any atom is 0.309 e. The number of ether oxygens (including phenoxy) is 2. The summed E-state index contributed by atoms with van der Waals surface area (Å²) in [4.78, 5) is 24.1. The van der Waals surface area contributed by atoms with Gasteiger partial charge in [-0.25, -0.2) is 0 Å². The Balaban J connectivity index is 1.45. The molecule has 5 heteroatoms. The Labute approximate surface area is 178 Å². The highest BCUT2D eigenvalue weighted by Crippen LogP contribution is 2.30. The highest BCUT2D eigenvalue weighted by molar-refractivity contribution is 5.91. The van der Waals surface area contributed by atoms with Crippen LogP contribution in [0.25, 0.3) is 6.08 Å². The summed E-state index contributed by atoms with van der Waals surface area (Å²) in [7, 11) is 1.42. The van der Waals surface area contributed by atoms with Gasteiger partial charge in [-0.1, -0.05) is 55.3 Å². The Morgan fingerprint density at radius 2 is 1.77 bits per heavy atom. The van der Waals surface area contributed by atoms with E-state index in [1.807, 2.05) is 54.6 Å². The van der Waals surface area contributed by atoms with Gasteiger partial charge in [-0.05, 0) is 48.1 Å². The average Bonchev–Trinajstić information content (AvgIpc) is 2.81. The molecule has 1 fully saturated rings. The summed E-state index contributed by atoms with van der Waals surface area (Å²) >= 11 is 0. The first kappa shape index (κ1) is 21.6. The first-order valence-electron chi connectivity index (χ1n) is 10.5. The molecule has 0 heterocycles. The van der Waals surface area contributed by atoms with Crippen molar-refractivity contribution >= 4 is 18.0 Å². The van der Waals surface area contributed by atoms with E-state index in [4.69, 9.17) is 9.47 Å².